The summed E-state index contributed by atoms with van der Waals surface area (Å²) in [5, 5.41) is 4.76. The minimum atomic E-state index is -0.265. The fourth-order valence-electron chi connectivity index (χ4n) is 3.13. The zero-order valence-corrected chi connectivity index (χ0v) is 16.6. The summed E-state index contributed by atoms with van der Waals surface area (Å²) in [6, 6.07) is 17.3. The normalized spacial score (nSPS) is 10.8. The lowest BCUT2D eigenvalue weighted by Crippen LogP contribution is -2.32. The number of fused-ring (bicyclic) bond motifs is 1. The van der Waals surface area contributed by atoms with E-state index in [1.807, 2.05) is 60.0 Å². The van der Waals surface area contributed by atoms with Crippen molar-refractivity contribution < 1.29 is 9.53 Å². The van der Waals surface area contributed by atoms with Gasteiger partial charge in [-0.15, -0.1) is 11.3 Å². The number of benzene rings is 2. The van der Waals surface area contributed by atoms with E-state index in [0.717, 1.165) is 16.7 Å². The Morgan fingerprint density at radius 1 is 1.14 bits per heavy atom. The van der Waals surface area contributed by atoms with Crippen LogP contribution in [0.3, 0.4) is 0 Å². The Labute approximate surface area is 171 Å². The third-order valence-corrected chi connectivity index (χ3v) is 5.57. The molecule has 0 aliphatic heterocycles. The SMILES string of the molecule is COc1ccccc1CNC(=O)Cn1cnc2c(-c3ccccc3)csc2c1=O. The Bertz CT molecular complexity index is 1210. The molecule has 0 unspecified atom stereocenters. The quantitative estimate of drug-likeness (QED) is 0.533. The molecule has 2 aromatic heterocycles. The van der Waals surface area contributed by atoms with Gasteiger partial charge in [0, 0.05) is 23.1 Å². The molecule has 2 heterocycles. The first-order valence-electron chi connectivity index (χ1n) is 9.08. The average molecular weight is 405 g/mol. The summed E-state index contributed by atoms with van der Waals surface area (Å²) in [5.74, 6) is 0.444. The third kappa shape index (κ3) is 3.90. The van der Waals surface area contributed by atoms with E-state index in [1.165, 1.54) is 22.2 Å². The van der Waals surface area contributed by atoms with Crippen molar-refractivity contribution in [1.29, 1.82) is 0 Å². The topological polar surface area (TPSA) is 73.2 Å². The van der Waals surface area contributed by atoms with Gasteiger partial charge in [0.25, 0.3) is 5.56 Å². The van der Waals surface area contributed by atoms with Crippen molar-refractivity contribution in [1.82, 2.24) is 14.9 Å². The number of amides is 1. The zero-order chi connectivity index (χ0) is 20.2. The molecule has 0 aliphatic rings. The molecular weight excluding hydrogens is 386 g/mol. The summed E-state index contributed by atoms with van der Waals surface area (Å²) in [4.78, 5) is 29.6. The van der Waals surface area contributed by atoms with Crippen LogP contribution in [0.5, 0.6) is 5.75 Å². The number of carbonyl (C=O) groups is 1. The van der Waals surface area contributed by atoms with Gasteiger partial charge in [0.2, 0.25) is 5.91 Å². The summed E-state index contributed by atoms with van der Waals surface area (Å²) in [6.45, 7) is 0.236. The molecule has 0 saturated carbocycles. The molecule has 1 N–H and O–H groups in total. The Morgan fingerprint density at radius 3 is 2.69 bits per heavy atom. The van der Waals surface area contributed by atoms with Gasteiger partial charge in [-0.25, -0.2) is 4.98 Å². The number of rotatable bonds is 6. The number of thiophene rings is 1. The minimum absolute atomic E-state index is 0.0878. The van der Waals surface area contributed by atoms with Gasteiger partial charge in [-0.3, -0.25) is 14.2 Å². The third-order valence-electron chi connectivity index (χ3n) is 4.61. The number of ether oxygens (including phenoxy) is 1. The molecule has 4 rings (SSSR count). The predicted octanol–water partition coefficient (Wildman–Crippen LogP) is 3.45. The fraction of sp³-hybridized carbons (Fsp3) is 0.136. The van der Waals surface area contributed by atoms with E-state index in [9.17, 15) is 9.59 Å². The van der Waals surface area contributed by atoms with Crippen molar-refractivity contribution in [2.75, 3.05) is 7.11 Å². The van der Waals surface area contributed by atoms with Crippen LogP contribution < -0.4 is 15.6 Å². The summed E-state index contributed by atoms with van der Waals surface area (Å²) >= 11 is 1.35. The Hall–Kier alpha value is -3.45. The second-order valence-corrected chi connectivity index (χ2v) is 7.34. The van der Waals surface area contributed by atoms with Crippen molar-refractivity contribution in [3.8, 4) is 16.9 Å². The first-order chi connectivity index (χ1) is 14.2. The lowest BCUT2D eigenvalue weighted by atomic mass is 10.1. The number of hydrogen-bond acceptors (Lipinski definition) is 5. The predicted molar refractivity (Wildman–Crippen MR) is 114 cm³/mol. The molecule has 0 atom stereocenters. The largest absolute Gasteiger partial charge is 0.496 e. The van der Waals surface area contributed by atoms with Crippen molar-refractivity contribution in [2.24, 2.45) is 0 Å². The van der Waals surface area contributed by atoms with Crippen LogP contribution in [-0.4, -0.2) is 22.6 Å². The maximum Gasteiger partial charge on any atom is 0.271 e. The summed E-state index contributed by atoms with van der Waals surface area (Å²) in [7, 11) is 1.59. The van der Waals surface area contributed by atoms with Crippen LogP contribution in [0.1, 0.15) is 5.56 Å². The van der Waals surface area contributed by atoms with Gasteiger partial charge in [-0.1, -0.05) is 48.5 Å². The number of nitrogens with one attached hydrogen (secondary N) is 1. The monoisotopic (exact) mass is 405 g/mol. The van der Waals surface area contributed by atoms with E-state index in [-0.39, 0.29) is 18.0 Å². The Morgan fingerprint density at radius 2 is 1.90 bits per heavy atom. The van der Waals surface area contributed by atoms with Crippen molar-refractivity contribution >= 4 is 27.5 Å². The molecule has 0 aliphatic carbocycles. The Kier molecular flexibility index (Phi) is 5.39. The maximum absolute atomic E-state index is 12.8. The molecule has 7 heteroatoms. The van der Waals surface area contributed by atoms with E-state index >= 15 is 0 Å². The van der Waals surface area contributed by atoms with E-state index in [0.29, 0.717) is 22.5 Å². The highest BCUT2D eigenvalue weighted by atomic mass is 32.1. The van der Waals surface area contributed by atoms with Crippen LogP contribution in [0.15, 0.2) is 71.1 Å². The molecule has 0 radical (unpaired) electrons. The zero-order valence-electron chi connectivity index (χ0n) is 15.8. The molecule has 6 nitrogen and oxygen atoms in total. The first-order valence-corrected chi connectivity index (χ1v) is 9.96. The van der Waals surface area contributed by atoms with Gasteiger partial charge >= 0.3 is 0 Å². The number of hydrogen-bond donors (Lipinski definition) is 1. The first kappa shape index (κ1) is 18.9. The van der Waals surface area contributed by atoms with Gasteiger partial charge < -0.3 is 10.1 Å². The molecule has 0 bridgehead atoms. The average Bonchev–Trinajstić information content (AvgIpc) is 3.20. The lowest BCUT2D eigenvalue weighted by molar-refractivity contribution is -0.121. The van der Waals surface area contributed by atoms with Crippen LogP contribution in [0.2, 0.25) is 0 Å². The number of aromatic nitrogens is 2. The van der Waals surface area contributed by atoms with Crippen LogP contribution in [0.25, 0.3) is 21.3 Å². The maximum atomic E-state index is 12.8. The molecular formula is C22H19N3O3S. The van der Waals surface area contributed by atoms with E-state index in [2.05, 4.69) is 10.3 Å². The van der Waals surface area contributed by atoms with E-state index in [1.54, 1.807) is 7.11 Å². The van der Waals surface area contributed by atoms with E-state index in [4.69, 9.17) is 4.74 Å². The number of nitrogens with zero attached hydrogens (tertiary/aromatic N) is 2. The minimum Gasteiger partial charge on any atom is -0.496 e. The molecule has 0 fully saturated rings. The molecule has 0 spiro atoms. The smallest absolute Gasteiger partial charge is 0.271 e. The Balaban J connectivity index is 1.52. The lowest BCUT2D eigenvalue weighted by Gasteiger charge is -2.10. The second-order valence-electron chi connectivity index (χ2n) is 6.46. The summed E-state index contributed by atoms with van der Waals surface area (Å²) in [6.07, 6.45) is 1.44. The number of methoxy groups -OCH3 is 1. The van der Waals surface area contributed by atoms with Crippen LogP contribution >= 0.6 is 11.3 Å². The van der Waals surface area contributed by atoms with Crippen molar-refractivity contribution in [2.45, 2.75) is 13.1 Å². The standard InChI is InChI=1S/C22H19N3O3S/c1-28-18-10-6-5-9-16(18)11-23-19(26)12-25-14-24-20-17(13-29-21(20)22(25)27)15-7-3-2-4-8-15/h2-10,13-14H,11-12H2,1H3,(H,23,26). The van der Waals surface area contributed by atoms with Gasteiger partial charge in [0.05, 0.1) is 19.0 Å². The van der Waals surface area contributed by atoms with E-state index < -0.39 is 0 Å². The fourth-order valence-corrected chi connectivity index (χ4v) is 4.11. The van der Waals surface area contributed by atoms with Gasteiger partial charge in [0.1, 0.15) is 17.0 Å². The highest BCUT2D eigenvalue weighted by molar-refractivity contribution is 7.17. The van der Waals surface area contributed by atoms with Crippen molar-refractivity contribution in [3.05, 3.63) is 82.2 Å². The summed E-state index contributed by atoms with van der Waals surface area (Å²) < 4.78 is 7.17. The number of carbonyl (C=O) groups excluding carboxylic acids is 1. The second kappa shape index (κ2) is 8.28. The number of para-hydroxylation sites is 1. The van der Waals surface area contributed by atoms with Gasteiger partial charge in [0.15, 0.2) is 0 Å². The summed E-state index contributed by atoms with van der Waals surface area (Å²) in [5.41, 5.74) is 3.26. The molecule has 1 amide bonds. The van der Waals surface area contributed by atoms with Gasteiger partial charge in [-0.2, -0.15) is 0 Å². The molecule has 0 saturated heterocycles. The van der Waals surface area contributed by atoms with Crippen LogP contribution in [-0.2, 0) is 17.9 Å². The highest BCUT2D eigenvalue weighted by Gasteiger charge is 2.14. The molecule has 2 aromatic carbocycles. The molecule has 146 valence electrons. The molecule has 29 heavy (non-hydrogen) atoms. The van der Waals surface area contributed by atoms with Crippen LogP contribution in [0, 0.1) is 0 Å². The van der Waals surface area contributed by atoms with Crippen molar-refractivity contribution in [3.63, 3.8) is 0 Å². The van der Waals surface area contributed by atoms with Gasteiger partial charge in [-0.05, 0) is 11.6 Å². The highest BCUT2D eigenvalue weighted by Crippen LogP contribution is 2.30. The van der Waals surface area contributed by atoms with Crippen LogP contribution in [0.4, 0.5) is 0 Å². The molecule has 4 aromatic rings.